The molecule has 0 saturated carbocycles. The monoisotopic (exact) mass is 294 g/mol. The number of benzene rings is 1. The van der Waals surface area contributed by atoms with E-state index < -0.39 is 11.4 Å². The molecule has 1 aromatic rings. The molecule has 0 bridgehead atoms. The molecule has 5 nitrogen and oxygen atoms in total. The molecule has 1 aromatic carbocycles. The molecule has 5 heteroatoms. The first-order chi connectivity index (χ1) is 9.95. The molecule has 0 saturated heterocycles. The van der Waals surface area contributed by atoms with E-state index in [-0.39, 0.29) is 0 Å². The summed E-state index contributed by atoms with van der Waals surface area (Å²) in [6, 6.07) is 7.58. The highest BCUT2D eigenvalue weighted by molar-refractivity contribution is 5.83. The predicted octanol–water partition coefficient (Wildman–Crippen LogP) is 2.23. The number of carbonyl (C=O) groups excluding carboxylic acids is 1. The maximum atomic E-state index is 11.1. The minimum absolute atomic E-state index is 0.467. The first-order valence-electron chi connectivity index (χ1n) is 7.40. The fourth-order valence-electron chi connectivity index (χ4n) is 1.76. The quantitative estimate of drug-likeness (QED) is 0.648. The van der Waals surface area contributed by atoms with Crippen LogP contribution in [0.5, 0.6) is 11.5 Å². The van der Waals surface area contributed by atoms with Gasteiger partial charge < -0.3 is 20.9 Å². The zero-order valence-electron chi connectivity index (χ0n) is 12.9. The third-order valence-corrected chi connectivity index (χ3v) is 3.22. The van der Waals surface area contributed by atoms with Gasteiger partial charge >= 0.3 is 0 Å². The van der Waals surface area contributed by atoms with Gasteiger partial charge in [-0.2, -0.15) is 0 Å². The Morgan fingerprint density at radius 1 is 1.10 bits per heavy atom. The Kier molecular flexibility index (Phi) is 7.02. The molecule has 0 aromatic heterocycles. The van der Waals surface area contributed by atoms with Gasteiger partial charge in [-0.15, -0.1) is 0 Å². The Labute approximate surface area is 126 Å². The van der Waals surface area contributed by atoms with Gasteiger partial charge in [-0.1, -0.05) is 6.92 Å². The molecule has 0 heterocycles. The van der Waals surface area contributed by atoms with Crippen LogP contribution in [-0.4, -0.2) is 24.7 Å². The number of carbonyl (C=O) groups is 1. The van der Waals surface area contributed by atoms with Crippen molar-refractivity contribution < 1.29 is 14.3 Å². The van der Waals surface area contributed by atoms with Crippen LogP contribution in [0.1, 0.15) is 39.5 Å². The third-order valence-electron chi connectivity index (χ3n) is 3.22. The van der Waals surface area contributed by atoms with Crippen LogP contribution < -0.4 is 20.9 Å². The van der Waals surface area contributed by atoms with Crippen LogP contribution in [0.15, 0.2) is 24.3 Å². The zero-order valence-corrected chi connectivity index (χ0v) is 12.9. The van der Waals surface area contributed by atoms with E-state index in [2.05, 4.69) is 6.92 Å². The Morgan fingerprint density at radius 2 is 1.62 bits per heavy atom. The lowest BCUT2D eigenvalue weighted by Crippen LogP contribution is -2.49. The molecule has 1 rings (SSSR count). The topological polar surface area (TPSA) is 87.6 Å². The molecular formula is C16H26N2O3. The zero-order chi connectivity index (χ0) is 15.7. The van der Waals surface area contributed by atoms with Crippen LogP contribution in [-0.2, 0) is 4.79 Å². The van der Waals surface area contributed by atoms with Gasteiger partial charge in [0.25, 0.3) is 0 Å². The lowest BCUT2D eigenvalue weighted by atomic mass is 9.96. The number of primary amides is 1. The molecule has 0 aliphatic rings. The normalized spacial score (nSPS) is 13.5. The highest BCUT2D eigenvalue weighted by atomic mass is 16.5. The summed E-state index contributed by atoms with van der Waals surface area (Å²) >= 11 is 0. The van der Waals surface area contributed by atoms with Gasteiger partial charge in [-0.25, -0.2) is 0 Å². The van der Waals surface area contributed by atoms with Crippen LogP contribution in [0, 0.1) is 0 Å². The maximum Gasteiger partial charge on any atom is 0.237 e. The summed E-state index contributed by atoms with van der Waals surface area (Å²) < 4.78 is 11.1. The van der Waals surface area contributed by atoms with Crippen molar-refractivity contribution >= 4 is 5.91 Å². The molecule has 0 aliphatic heterocycles. The second-order valence-electron chi connectivity index (χ2n) is 5.41. The van der Waals surface area contributed by atoms with Crippen LogP contribution >= 0.6 is 0 Å². The van der Waals surface area contributed by atoms with Crippen molar-refractivity contribution in [2.75, 3.05) is 13.2 Å². The summed E-state index contributed by atoms with van der Waals surface area (Å²) in [6.45, 7) is 5.04. The van der Waals surface area contributed by atoms with E-state index in [9.17, 15) is 4.79 Å². The van der Waals surface area contributed by atoms with Gasteiger partial charge in [0.15, 0.2) is 0 Å². The van der Waals surface area contributed by atoms with E-state index in [1.54, 1.807) is 6.92 Å². The summed E-state index contributed by atoms with van der Waals surface area (Å²) in [7, 11) is 0. The molecule has 21 heavy (non-hydrogen) atoms. The van der Waals surface area contributed by atoms with Gasteiger partial charge in [-0.3, -0.25) is 4.79 Å². The van der Waals surface area contributed by atoms with Crippen LogP contribution in [0.4, 0.5) is 0 Å². The van der Waals surface area contributed by atoms with E-state index >= 15 is 0 Å². The average molecular weight is 294 g/mol. The molecule has 0 aliphatic carbocycles. The van der Waals surface area contributed by atoms with Crippen molar-refractivity contribution in [3.63, 3.8) is 0 Å². The Hall–Kier alpha value is -1.75. The highest BCUT2D eigenvalue weighted by Gasteiger charge is 2.24. The molecule has 1 unspecified atom stereocenters. The average Bonchev–Trinajstić information content (AvgIpc) is 2.45. The predicted molar refractivity (Wildman–Crippen MR) is 83.4 cm³/mol. The lowest BCUT2D eigenvalue weighted by Gasteiger charge is -2.19. The smallest absolute Gasteiger partial charge is 0.237 e. The van der Waals surface area contributed by atoms with Crippen LogP contribution in [0.3, 0.4) is 0 Å². The van der Waals surface area contributed by atoms with Crippen LogP contribution in [0.2, 0.25) is 0 Å². The highest BCUT2D eigenvalue weighted by Crippen LogP contribution is 2.18. The number of nitrogens with two attached hydrogens (primary N) is 2. The van der Waals surface area contributed by atoms with E-state index in [4.69, 9.17) is 20.9 Å². The summed E-state index contributed by atoms with van der Waals surface area (Å²) in [5, 5.41) is 0. The fraction of sp³-hybridized carbons (Fsp3) is 0.562. The standard InChI is InChI=1S/C16H26N2O3/c1-3-11-20-13-6-8-14(9-7-13)21-12-5-4-10-16(2,18)15(17)19/h6-9H,3-5,10-12,18H2,1-2H3,(H2,17,19). The van der Waals surface area contributed by atoms with Crippen molar-refractivity contribution in [3.8, 4) is 11.5 Å². The minimum atomic E-state index is -0.932. The molecule has 1 atom stereocenters. The Balaban J connectivity index is 2.22. The molecule has 0 spiro atoms. The number of hydrogen-bond donors (Lipinski definition) is 2. The number of rotatable bonds is 10. The number of unbranched alkanes of at least 4 members (excludes halogenated alkanes) is 1. The molecule has 0 radical (unpaired) electrons. The Morgan fingerprint density at radius 3 is 2.10 bits per heavy atom. The van der Waals surface area contributed by atoms with E-state index in [0.717, 1.165) is 37.4 Å². The third kappa shape index (κ3) is 6.49. The summed E-state index contributed by atoms with van der Waals surface area (Å²) in [6.07, 6.45) is 3.18. The SMILES string of the molecule is CCCOc1ccc(OCCCCC(C)(N)C(N)=O)cc1. The first kappa shape index (κ1) is 17.3. The van der Waals surface area contributed by atoms with Gasteiger partial charge in [0, 0.05) is 0 Å². The van der Waals surface area contributed by atoms with Crippen LogP contribution in [0.25, 0.3) is 0 Å². The molecule has 1 amide bonds. The maximum absolute atomic E-state index is 11.1. The van der Waals surface area contributed by atoms with E-state index in [0.29, 0.717) is 13.0 Å². The molecule has 118 valence electrons. The fourth-order valence-corrected chi connectivity index (χ4v) is 1.76. The number of ether oxygens (including phenoxy) is 2. The molecule has 0 fully saturated rings. The summed E-state index contributed by atoms with van der Waals surface area (Å²) in [5.41, 5.74) is 10.1. The minimum Gasteiger partial charge on any atom is -0.494 e. The number of amides is 1. The summed E-state index contributed by atoms with van der Waals surface area (Å²) in [5.74, 6) is 1.19. The van der Waals surface area contributed by atoms with Gasteiger partial charge in [0.05, 0.1) is 18.8 Å². The lowest BCUT2D eigenvalue weighted by molar-refractivity contribution is -0.122. The largest absolute Gasteiger partial charge is 0.494 e. The van der Waals surface area contributed by atoms with Crippen molar-refractivity contribution in [1.29, 1.82) is 0 Å². The summed E-state index contributed by atoms with van der Waals surface area (Å²) in [4.78, 5) is 11.1. The van der Waals surface area contributed by atoms with Gasteiger partial charge in [0.2, 0.25) is 5.91 Å². The van der Waals surface area contributed by atoms with Crippen molar-refractivity contribution in [2.45, 2.75) is 45.1 Å². The molecule has 4 N–H and O–H groups in total. The van der Waals surface area contributed by atoms with Crippen molar-refractivity contribution in [2.24, 2.45) is 11.5 Å². The van der Waals surface area contributed by atoms with Gasteiger partial charge in [0.1, 0.15) is 11.5 Å². The molecular weight excluding hydrogens is 268 g/mol. The van der Waals surface area contributed by atoms with Crippen molar-refractivity contribution in [1.82, 2.24) is 0 Å². The van der Waals surface area contributed by atoms with E-state index in [1.165, 1.54) is 0 Å². The Bertz CT molecular complexity index is 430. The number of hydrogen-bond acceptors (Lipinski definition) is 4. The second kappa shape index (κ2) is 8.52. The van der Waals surface area contributed by atoms with E-state index in [1.807, 2.05) is 24.3 Å². The first-order valence-corrected chi connectivity index (χ1v) is 7.40. The van der Waals surface area contributed by atoms with Crippen molar-refractivity contribution in [3.05, 3.63) is 24.3 Å². The second-order valence-corrected chi connectivity index (χ2v) is 5.41. The van der Waals surface area contributed by atoms with Gasteiger partial charge in [-0.05, 0) is 56.9 Å².